The molecule has 4 rings (SSSR count). The van der Waals surface area contributed by atoms with Gasteiger partial charge >= 0.3 is 0 Å². The van der Waals surface area contributed by atoms with Crippen LogP contribution in [0.15, 0.2) is 45.3 Å². The first kappa shape index (κ1) is 17.5. The number of hydrogen-bond donors (Lipinski definition) is 1. The quantitative estimate of drug-likeness (QED) is 0.629. The number of morpholine rings is 1. The maximum atomic E-state index is 10.7. The lowest BCUT2D eigenvalue weighted by Crippen LogP contribution is -2.42. The van der Waals surface area contributed by atoms with Crippen LogP contribution < -0.4 is 0 Å². The summed E-state index contributed by atoms with van der Waals surface area (Å²) in [7, 11) is 0. The average Bonchev–Trinajstić information content (AvgIpc) is 2.88. The van der Waals surface area contributed by atoms with E-state index in [0.29, 0.717) is 13.1 Å². The number of aliphatic hydroxyl groups excluding tert-OH is 1. The Morgan fingerprint density at radius 3 is 2.04 bits per heavy atom. The van der Waals surface area contributed by atoms with Gasteiger partial charge in [-0.05, 0) is 36.4 Å². The van der Waals surface area contributed by atoms with E-state index in [1.807, 2.05) is 0 Å². The Morgan fingerprint density at radius 2 is 1.48 bits per heavy atom. The van der Waals surface area contributed by atoms with Crippen LogP contribution in [0.3, 0.4) is 0 Å². The molecule has 2 heterocycles. The third-order valence-corrected chi connectivity index (χ3v) is 5.74. The highest BCUT2D eigenvalue weighted by atomic mass is 79.9. The second-order valence-electron chi connectivity index (χ2n) is 6.50. The second kappa shape index (κ2) is 7.37. The van der Waals surface area contributed by atoms with E-state index in [1.54, 1.807) is 0 Å². The van der Waals surface area contributed by atoms with Gasteiger partial charge < -0.3 is 14.4 Å². The van der Waals surface area contributed by atoms with Crippen LogP contribution in [0, 0.1) is 0 Å². The monoisotopic (exact) mass is 466 g/mol. The molecule has 1 atom stereocenters. The predicted octanol–water partition coefficient (Wildman–Crippen LogP) is 4.01. The molecule has 1 fully saturated rings. The Balaban J connectivity index is 1.69. The lowest BCUT2D eigenvalue weighted by Gasteiger charge is -2.28. The van der Waals surface area contributed by atoms with Crippen LogP contribution in [0.5, 0.6) is 0 Å². The summed E-state index contributed by atoms with van der Waals surface area (Å²) in [5.41, 5.74) is 2.30. The fraction of sp³-hybridized carbons (Fsp3) is 0.368. The first-order valence-electron chi connectivity index (χ1n) is 8.47. The van der Waals surface area contributed by atoms with Crippen LogP contribution in [0.1, 0.15) is 0 Å². The molecular formula is C19H20Br2N2O2. The van der Waals surface area contributed by atoms with Crippen molar-refractivity contribution in [1.29, 1.82) is 0 Å². The molecule has 1 aliphatic heterocycles. The van der Waals surface area contributed by atoms with Gasteiger partial charge in [-0.2, -0.15) is 0 Å². The summed E-state index contributed by atoms with van der Waals surface area (Å²) in [6.45, 7) is 4.56. The molecule has 0 bridgehead atoms. The van der Waals surface area contributed by atoms with Crippen LogP contribution >= 0.6 is 31.9 Å². The van der Waals surface area contributed by atoms with Gasteiger partial charge in [0.25, 0.3) is 0 Å². The van der Waals surface area contributed by atoms with Crippen molar-refractivity contribution >= 4 is 53.7 Å². The van der Waals surface area contributed by atoms with Crippen molar-refractivity contribution in [3.63, 3.8) is 0 Å². The number of ether oxygens (including phenoxy) is 1. The minimum absolute atomic E-state index is 0.413. The van der Waals surface area contributed by atoms with Crippen molar-refractivity contribution in [3.8, 4) is 0 Å². The Kier molecular flexibility index (Phi) is 5.15. The average molecular weight is 468 g/mol. The Bertz CT molecular complexity index is 844. The van der Waals surface area contributed by atoms with Crippen LogP contribution in [0.2, 0.25) is 0 Å². The number of β-amino-alcohol motifs (C(OH)–C–C–N with tert-alkyl or cyclic N) is 1. The van der Waals surface area contributed by atoms with Crippen LogP contribution in [-0.4, -0.2) is 53.5 Å². The van der Waals surface area contributed by atoms with E-state index in [0.717, 1.165) is 46.3 Å². The molecule has 1 aromatic heterocycles. The van der Waals surface area contributed by atoms with Gasteiger partial charge in [0, 0.05) is 50.4 Å². The van der Waals surface area contributed by atoms with E-state index in [2.05, 4.69) is 77.7 Å². The van der Waals surface area contributed by atoms with Gasteiger partial charge in [-0.1, -0.05) is 31.9 Å². The van der Waals surface area contributed by atoms with Crippen molar-refractivity contribution in [2.45, 2.75) is 12.6 Å². The van der Waals surface area contributed by atoms with Gasteiger partial charge in [-0.3, -0.25) is 4.90 Å². The molecule has 1 N–H and O–H groups in total. The van der Waals surface area contributed by atoms with Crippen molar-refractivity contribution in [2.75, 3.05) is 32.8 Å². The first-order chi connectivity index (χ1) is 12.1. The predicted molar refractivity (Wildman–Crippen MR) is 108 cm³/mol. The summed E-state index contributed by atoms with van der Waals surface area (Å²) < 4.78 is 9.74. The summed E-state index contributed by atoms with van der Waals surface area (Å²) in [5, 5.41) is 13.1. The number of rotatable bonds is 4. The van der Waals surface area contributed by atoms with Crippen molar-refractivity contribution in [1.82, 2.24) is 9.47 Å². The van der Waals surface area contributed by atoms with E-state index >= 15 is 0 Å². The highest BCUT2D eigenvalue weighted by Gasteiger charge is 2.18. The molecular weight excluding hydrogens is 448 g/mol. The first-order valence-corrected chi connectivity index (χ1v) is 10.1. The van der Waals surface area contributed by atoms with Crippen LogP contribution in [0.4, 0.5) is 0 Å². The van der Waals surface area contributed by atoms with E-state index in [4.69, 9.17) is 4.74 Å². The Labute approximate surface area is 163 Å². The third kappa shape index (κ3) is 3.64. The number of aromatic nitrogens is 1. The largest absolute Gasteiger partial charge is 0.390 e. The van der Waals surface area contributed by atoms with Crippen LogP contribution in [-0.2, 0) is 11.3 Å². The van der Waals surface area contributed by atoms with E-state index in [9.17, 15) is 5.11 Å². The van der Waals surface area contributed by atoms with Gasteiger partial charge in [0.1, 0.15) is 0 Å². The van der Waals surface area contributed by atoms with Crippen LogP contribution in [0.25, 0.3) is 21.8 Å². The zero-order valence-electron chi connectivity index (χ0n) is 13.8. The fourth-order valence-corrected chi connectivity index (χ4v) is 4.32. The molecule has 4 nitrogen and oxygen atoms in total. The summed E-state index contributed by atoms with van der Waals surface area (Å²) in [5.74, 6) is 0. The lowest BCUT2D eigenvalue weighted by molar-refractivity contribution is 0.0119. The highest BCUT2D eigenvalue weighted by molar-refractivity contribution is 9.10. The summed E-state index contributed by atoms with van der Waals surface area (Å²) in [6.07, 6.45) is -0.413. The second-order valence-corrected chi connectivity index (χ2v) is 8.33. The molecule has 132 valence electrons. The summed E-state index contributed by atoms with van der Waals surface area (Å²) in [4.78, 5) is 2.27. The minimum atomic E-state index is -0.413. The Morgan fingerprint density at radius 1 is 0.920 bits per heavy atom. The molecule has 0 spiro atoms. The van der Waals surface area contributed by atoms with E-state index < -0.39 is 6.10 Å². The van der Waals surface area contributed by atoms with Gasteiger partial charge in [-0.25, -0.2) is 0 Å². The summed E-state index contributed by atoms with van der Waals surface area (Å²) in [6, 6.07) is 12.6. The van der Waals surface area contributed by atoms with Crippen molar-refractivity contribution in [3.05, 3.63) is 45.3 Å². The number of nitrogens with zero attached hydrogens (tertiary/aromatic N) is 2. The molecule has 0 amide bonds. The van der Waals surface area contributed by atoms with Gasteiger partial charge in [0.2, 0.25) is 0 Å². The standard InChI is InChI=1S/C19H20Br2N2O2/c20-13-1-3-18-16(9-13)17-10-14(21)2-4-19(17)23(18)12-15(24)11-22-5-7-25-8-6-22/h1-4,9-10,15,24H,5-8,11-12H2/t15-/m0/s1. The molecule has 2 aromatic carbocycles. The van der Waals surface area contributed by atoms with Gasteiger partial charge in [0.05, 0.1) is 25.9 Å². The molecule has 1 saturated heterocycles. The van der Waals surface area contributed by atoms with E-state index in [1.165, 1.54) is 10.8 Å². The van der Waals surface area contributed by atoms with Gasteiger partial charge in [0.15, 0.2) is 0 Å². The molecule has 1 aliphatic rings. The highest BCUT2D eigenvalue weighted by Crippen LogP contribution is 2.33. The number of aliphatic hydroxyl groups is 1. The molecule has 3 aromatic rings. The van der Waals surface area contributed by atoms with Gasteiger partial charge in [-0.15, -0.1) is 0 Å². The molecule has 25 heavy (non-hydrogen) atoms. The number of halogens is 2. The van der Waals surface area contributed by atoms with Crippen molar-refractivity contribution < 1.29 is 9.84 Å². The third-order valence-electron chi connectivity index (χ3n) is 4.75. The van der Waals surface area contributed by atoms with E-state index in [-0.39, 0.29) is 0 Å². The number of fused-ring (bicyclic) bond motifs is 3. The molecule has 0 saturated carbocycles. The molecule has 0 unspecified atom stereocenters. The maximum Gasteiger partial charge on any atom is 0.0846 e. The normalized spacial score (nSPS) is 17.4. The molecule has 6 heteroatoms. The zero-order valence-corrected chi connectivity index (χ0v) is 17.0. The molecule has 0 radical (unpaired) electrons. The number of hydrogen-bond acceptors (Lipinski definition) is 3. The fourth-order valence-electron chi connectivity index (χ4n) is 3.60. The maximum absolute atomic E-state index is 10.7. The summed E-state index contributed by atoms with van der Waals surface area (Å²) >= 11 is 7.15. The molecule has 0 aliphatic carbocycles. The van der Waals surface area contributed by atoms with Crippen molar-refractivity contribution in [2.24, 2.45) is 0 Å². The minimum Gasteiger partial charge on any atom is -0.390 e. The number of benzene rings is 2. The Hall–Kier alpha value is -0.920. The zero-order chi connectivity index (χ0) is 17.4. The lowest BCUT2D eigenvalue weighted by atomic mass is 10.2. The SMILES string of the molecule is O[C@@H](CN1CCOCC1)Cn1c2ccc(Br)cc2c2cc(Br)ccc21. The smallest absolute Gasteiger partial charge is 0.0846 e. The topological polar surface area (TPSA) is 37.6 Å².